The number of hydrogen-bond donors (Lipinski definition) is 1. The largest absolute Gasteiger partial charge is 0.510 e. The molecule has 0 aromatic rings. The molecule has 0 aliphatic carbocycles. The average molecular weight is 186 g/mol. The molecule has 2 unspecified atom stereocenters. The Labute approximate surface area is 77.0 Å². The standard InChI is InChI=1S/C8H14N2O3/c1-6-7(13-8(11)12-6)10-4-2-9-3-5-10/h6-7,9H,2-5H2,1H3. The zero-order chi connectivity index (χ0) is 9.26. The molecule has 0 aromatic carbocycles. The number of piperazine rings is 1. The van der Waals surface area contributed by atoms with Crippen molar-refractivity contribution in [2.24, 2.45) is 0 Å². The van der Waals surface area contributed by atoms with Crippen LogP contribution in [0.5, 0.6) is 0 Å². The minimum absolute atomic E-state index is 0.148. The fraction of sp³-hybridized carbons (Fsp3) is 0.875. The smallest absolute Gasteiger partial charge is 0.426 e. The number of hydrogen-bond acceptors (Lipinski definition) is 5. The van der Waals surface area contributed by atoms with E-state index in [0.29, 0.717) is 0 Å². The first kappa shape index (κ1) is 8.77. The molecule has 13 heavy (non-hydrogen) atoms. The summed E-state index contributed by atoms with van der Waals surface area (Å²) in [6.07, 6.45) is -0.878. The Kier molecular flexibility index (Phi) is 2.37. The highest BCUT2D eigenvalue weighted by atomic mass is 16.8. The van der Waals surface area contributed by atoms with E-state index in [-0.39, 0.29) is 12.3 Å². The van der Waals surface area contributed by atoms with Gasteiger partial charge >= 0.3 is 6.16 Å². The predicted molar refractivity (Wildman–Crippen MR) is 45.3 cm³/mol. The zero-order valence-corrected chi connectivity index (χ0v) is 7.66. The van der Waals surface area contributed by atoms with E-state index >= 15 is 0 Å². The highest BCUT2D eigenvalue weighted by molar-refractivity contribution is 5.62. The second-order valence-corrected chi connectivity index (χ2v) is 3.37. The third kappa shape index (κ3) is 1.76. The van der Waals surface area contributed by atoms with E-state index in [1.54, 1.807) is 0 Å². The minimum atomic E-state index is -0.545. The molecular formula is C8H14N2O3. The van der Waals surface area contributed by atoms with Gasteiger partial charge in [-0.15, -0.1) is 0 Å². The van der Waals surface area contributed by atoms with Gasteiger partial charge in [0, 0.05) is 26.2 Å². The van der Waals surface area contributed by atoms with E-state index in [0.717, 1.165) is 26.2 Å². The maximum Gasteiger partial charge on any atom is 0.510 e. The number of nitrogens with one attached hydrogen (secondary N) is 1. The van der Waals surface area contributed by atoms with Crippen LogP contribution >= 0.6 is 0 Å². The van der Waals surface area contributed by atoms with Gasteiger partial charge in [0.25, 0.3) is 0 Å². The molecule has 0 spiro atoms. The van der Waals surface area contributed by atoms with Gasteiger partial charge in [-0.3, -0.25) is 4.90 Å². The normalized spacial score (nSPS) is 35.6. The molecule has 0 amide bonds. The molecule has 2 atom stereocenters. The summed E-state index contributed by atoms with van der Waals surface area (Å²) < 4.78 is 9.95. The molecule has 2 heterocycles. The Balaban J connectivity index is 1.95. The van der Waals surface area contributed by atoms with Crippen LogP contribution in [0.3, 0.4) is 0 Å². The van der Waals surface area contributed by atoms with Gasteiger partial charge in [0.2, 0.25) is 0 Å². The van der Waals surface area contributed by atoms with Gasteiger partial charge in [0.15, 0.2) is 12.3 Å². The molecule has 2 rings (SSSR count). The molecule has 74 valence electrons. The molecule has 0 radical (unpaired) electrons. The van der Waals surface area contributed by atoms with Crippen LogP contribution in [0.4, 0.5) is 4.79 Å². The van der Waals surface area contributed by atoms with Crippen molar-refractivity contribution in [3.63, 3.8) is 0 Å². The van der Waals surface area contributed by atoms with Crippen molar-refractivity contribution < 1.29 is 14.3 Å². The van der Waals surface area contributed by atoms with Gasteiger partial charge in [-0.2, -0.15) is 0 Å². The number of cyclic esters (lactones) is 2. The maximum absolute atomic E-state index is 10.8. The maximum atomic E-state index is 10.8. The van der Waals surface area contributed by atoms with E-state index in [4.69, 9.17) is 9.47 Å². The molecule has 0 bridgehead atoms. The Bertz CT molecular complexity index is 204. The first-order valence-corrected chi connectivity index (χ1v) is 4.59. The lowest BCUT2D eigenvalue weighted by atomic mass is 10.3. The van der Waals surface area contributed by atoms with Crippen LogP contribution in [0, 0.1) is 0 Å². The first-order valence-electron chi connectivity index (χ1n) is 4.59. The lowest BCUT2D eigenvalue weighted by Crippen LogP contribution is -2.51. The van der Waals surface area contributed by atoms with Crippen LogP contribution in [0.15, 0.2) is 0 Å². The second-order valence-electron chi connectivity index (χ2n) is 3.37. The summed E-state index contributed by atoms with van der Waals surface area (Å²) >= 11 is 0. The van der Waals surface area contributed by atoms with E-state index in [9.17, 15) is 4.79 Å². The highest BCUT2D eigenvalue weighted by Gasteiger charge is 2.37. The van der Waals surface area contributed by atoms with E-state index in [1.165, 1.54) is 0 Å². The van der Waals surface area contributed by atoms with E-state index < -0.39 is 6.16 Å². The van der Waals surface area contributed by atoms with Crippen LogP contribution in [0.25, 0.3) is 0 Å². The SMILES string of the molecule is CC1OC(=O)OC1N1CCNCC1. The first-order chi connectivity index (χ1) is 6.27. The summed E-state index contributed by atoms with van der Waals surface area (Å²) in [5, 5.41) is 3.24. The van der Waals surface area contributed by atoms with Crippen molar-refractivity contribution in [2.45, 2.75) is 19.3 Å². The summed E-state index contributed by atoms with van der Waals surface area (Å²) in [6.45, 7) is 5.57. The highest BCUT2D eigenvalue weighted by Crippen LogP contribution is 2.18. The third-order valence-corrected chi connectivity index (χ3v) is 2.41. The summed E-state index contributed by atoms with van der Waals surface area (Å²) in [6, 6.07) is 0. The van der Waals surface area contributed by atoms with Crippen LogP contribution in [-0.4, -0.2) is 49.6 Å². The van der Waals surface area contributed by atoms with Crippen LogP contribution in [0.1, 0.15) is 6.92 Å². The van der Waals surface area contributed by atoms with Crippen molar-refractivity contribution in [3.05, 3.63) is 0 Å². The molecular weight excluding hydrogens is 172 g/mol. The van der Waals surface area contributed by atoms with Gasteiger partial charge in [-0.1, -0.05) is 0 Å². The second kappa shape index (κ2) is 3.51. The van der Waals surface area contributed by atoms with Crippen molar-refractivity contribution >= 4 is 6.16 Å². The quantitative estimate of drug-likeness (QED) is 0.573. The number of carbonyl (C=O) groups excluding carboxylic acids is 1. The van der Waals surface area contributed by atoms with Gasteiger partial charge in [-0.05, 0) is 6.92 Å². The molecule has 0 saturated carbocycles. The van der Waals surface area contributed by atoms with Gasteiger partial charge in [0.1, 0.15) is 0 Å². The number of rotatable bonds is 1. The number of carbonyl (C=O) groups is 1. The molecule has 0 aromatic heterocycles. The minimum Gasteiger partial charge on any atom is -0.426 e. The monoisotopic (exact) mass is 186 g/mol. The van der Waals surface area contributed by atoms with Crippen molar-refractivity contribution in [1.29, 1.82) is 0 Å². The van der Waals surface area contributed by atoms with Gasteiger partial charge in [-0.25, -0.2) is 4.79 Å². The summed E-state index contributed by atoms with van der Waals surface area (Å²) in [7, 11) is 0. The third-order valence-electron chi connectivity index (χ3n) is 2.41. The molecule has 1 N–H and O–H groups in total. The Morgan fingerprint density at radius 2 is 2.08 bits per heavy atom. The molecule has 2 aliphatic heterocycles. The van der Waals surface area contributed by atoms with E-state index in [1.807, 2.05) is 6.92 Å². The fourth-order valence-electron chi connectivity index (χ4n) is 1.74. The number of nitrogens with zero attached hydrogens (tertiary/aromatic N) is 1. The van der Waals surface area contributed by atoms with Crippen molar-refractivity contribution in [1.82, 2.24) is 10.2 Å². The van der Waals surface area contributed by atoms with Crippen molar-refractivity contribution in [2.75, 3.05) is 26.2 Å². The zero-order valence-electron chi connectivity index (χ0n) is 7.66. The topological polar surface area (TPSA) is 50.8 Å². The van der Waals surface area contributed by atoms with Crippen LogP contribution in [0.2, 0.25) is 0 Å². The number of ether oxygens (including phenoxy) is 2. The Morgan fingerprint density at radius 1 is 1.38 bits per heavy atom. The lowest BCUT2D eigenvalue weighted by Gasteiger charge is -2.31. The molecule has 2 saturated heterocycles. The van der Waals surface area contributed by atoms with Crippen LogP contribution in [-0.2, 0) is 9.47 Å². The molecule has 5 heteroatoms. The molecule has 2 aliphatic rings. The summed E-state index contributed by atoms with van der Waals surface area (Å²) in [5.41, 5.74) is 0. The predicted octanol–water partition coefficient (Wildman–Crippen LogP) is -0.227. The van der Waals surface area contributed by atoms with E-state index in [2.05, 4.69) is 10.2 Å². The molecule has 5 nitrogen and oxygen atoms in total. The van der Waals surface area contributed by atoms with Crippen LogP contribution < -0.4 is 5.32 Å². The Hall–Kier alpha value is -0.810. The molecule has 2 fully saturated rings. The summed E-state index contributed by atoms with van der Waals surface area (Å²) in [4.78, 5) is 13.0. The summed E-state index contributed by atoms with van der Waals surface area (Å²) in [5.74, 6) is 0. The van der Waals surface area contributed by atoms with Crippen molar-refractivity contribution in [3.8, 4) is 0 Å². The van der Waals surface area contributed by atoms with Gasteiger partial charge < -0.3 is 14.8 Å². The van der Waals surface area contributed by atoms with Gasteiger partial charge in [0.05, 0.1) is 0 Å². The fourth-order valence-corrected chi connectivity index (χ4v) is 1.74. The lowest BCUT2D eigenvalue weighted by molar-refractivity contribution is -0.00488. The average Bonchev–Trinajstić information content (AvgIpc) is 2.47. The Morgan fingerprint density at radius 3 is 2.62 bits per heavy atom.